The molecule has 4 rings (SSSR count). The SMILES string of the molecule is CCOc1ccc(OCC(=O)N2CCc3nc(NC(=O)C4CCCO4)sc3C2)cc1. The molecule has 0 radical (unpaired) electrons. The van der Waals surface area contributed by atoms with Gasteiger partial charge >= 0.3 is 0 Å². The van der Waals surface area contributed by atoms with E-state index in [-0.39, 0.29) is 24.5 Å². The second-order valence-electron chi connectivity index (χ2n) is 7.14. The molecule has 8 nitrogen and oxygen atoms in total. The fourth-order valence-electron chi connectivity index (χ4n) is 3.47. The summed E-state index contributed by atoms with van der Waals surface area (Å²) in [4.78, 5) is 32.1. The maximum Gasteiger partial charge on any atom is 0.260 e. The maximum atomic E-state index is 12.6. The van der Waals surface area contributed by atoms with Crippen LogP contribution in [0, 0.1) is 0 Å². The predicted molar refractivity (Wildman–Crippen MR) is 112 cm³/mol. The first-order chi connectivity index (χ1) is 14.6. The van der Waals surface area contributed by atoms with Crippen molar-refractivity contribution in [3.05, 3.63) is 34.8 Å². The van der Waals surface area contributed by atoms with Gasteiger partial charge in [-0.15, -0.1) is 0 Å². The van der Waals surface area contributed by atoms with Crippen LogP contribution in [-0.4, -0.2) is 54.2 Å². The number of hydrogen-bond acceptors (Lipinski definition) is 7. The Labute approximate surface area is 179 Å². The number of carbonyl (C=O) groups is 2. The van der Waals surface area contributed by atoms with Crippen LogP contribution in [0.4, 0.5) is 5.13 Å². The van der Waals surface area contributed by atoms with Gasteiger partial charge in [0.1, 0.15) is 17.6 Å². The molecule has 0 saturated carbocycles. The minimum Gasteiger partial charge on any atom is -0.494 e. The monoisotopic (exact) mass is 431 g/mol. The van der Waals surface area contributed by atoms with Crippen molar-refractivity contribution < 1.29 is 23.8 Å². The number of amides is 2. The maximum absolute atomic E-state index is 12.6. The third-order valence-corrected chi connectivity index (χ3v) is 6.03. The number of thiazole rings is 1. The van der Waals surface area contributed by atoms with Crippen LogP contribution in [0.5, 0.6) is 11.5 Å². The average molecular weight is 432 g/mol. The summed E-state index contributed by atoms with van der Waals surface area (Å²) in [6.07, 6.45) is 1.93. The van der Waals surface area contributed by atoms with Gasteiger partial charge in [-0.2, -0.15) is 0 Å². The van der Waals surface area contributed by atoms with E-state index in [9.17, 15) is 9.59 Å². The van der Waals surface area contributed by atoms with Gasteiger partial charge in [-0.25, -0.2) is 4.98 Å². The summed E-state index contributed by atoms with van der Waals surface area (Å²) in [5.74, 6) is 1.18. The summed E-state index contributed by atoms with van der Waals surface area (Å²) < 4.78 is 16.4. The minimum atomic E-state index is -0.385. The fourth-order valence-corrected chi connectivity index (χ4v) is 4.49. The minimum absolute atomic E-state index is 0.0231. The molecule has 3 heterocycles. The van der Waals surface area contributed by atoms with Gasteiger partial charge in [-0.05, 0) is 44.0 Å². The molecule has 1 unspecified atom stereocenters. The predicted octanol–water partition coefficient (Wildman–Crippen LogP) is 2.62. The highest BCUT2D eigenvalue weighted by Gasteiger charge is 2.27. The number of anilines is 1. The van der Waals surface area contributed by atoms with Crippen LogP contribution in [-0.2, 0) is 27.3 Å². The molecule has 1 saturated heterocycles. The van der Waals surface area contributed by atoms with Gasteiger partial charge in [-0.1, -0.05) is 11.3 Å². The molecule has 0 spiro atoms. The molecule has 1 aromatic carbocycles. The summed E-state index contributed by atoms with van der Waals surface area (Å²) >= 11 is 1.42. The van der Waals surface area contributed by atoms with E-state index in [1.54, 1.807) is 17.0 Å². The van der Waals surface area contributed by atoms with E-state index in [1.165, 1.54) is 11.3 Å². The molecular formula is C21H25N3O5S. The Morgan fingerprint density at radius 2 is 2.03 bits per heavy atom. The Morgan fingerprint density at radius 1 is 1.27 bits per heavy atom. The van der Waals surface area contributed by atoms with Gasteiger partial charge < -0.3 is 19.1 Å². The lowest BCUT2D eigenvalue weighted by Gasteiger charge is -2.26. The number of nitrogens with zero attached hydrogens (tertiary/aromatic N) is 2. The molecule has 0 bridgehead atoms. The van der Waals surface area contributed by atoms with Gasteiger partial charge in [0.15, 0.2) is 11.7 Å². The summed E-state index contributed by atoms with van der Waals surface area (Å²) in [7, 11) is 0. The zero-order valence-corrected chi connectivity index (χ0v) is 17.7. The van der Waals surface area contributed by atoms with E-state index in [0.29, 0.717) is 43.6 Å². The van der Waals surface area contributed by atoms with E-state index in [1.807, 2.05) is 19.1 Å². The summed E-state index contributed by atoms with van der Waals surface area (Å²) in [5, 5.41) is 3.42. The number of aromatic nitrogens is 1. The Morgan fingerprint density at radius 3 is 2.73 bits per heavy atom. The molecule has 160 valence electrons. The molecule has 1 aromatic heterocycles. The number of nitrogens with one attached hydrogen (secondary N) is 1. The fraction of sp³-hybridized carbons (Fsp3) is 0.476. The quantitative estimate of drug-likeness (QED) is 0.725. The molecule has 2 amide bonds. The highest BCUT2D eigenvalue weighted by Crippen LogP contribution is 2.29. The lowest BCUT2D eigenvalue weighted by Crippen LogP contribution is -2.38. The second-order valence-corrected chi connectivity index (χ2v) is 8.22. The van der Waals surface area contributed by atoms with Crippen LogP contribution in [0.25, 0.3) is 0 Å². The number of fused-ring (bicyclic) bond motifs is 1. The van der Waals surface area contributed by atoms with Crippen molar-refractivity contribution >= 4 is 28.3 Å². The molecule has 30 heavy (non-hydrogen) atoms. The van der Waals surface area contributed by atoms with E-state index >= 15 is 0 Å². The average Bonchev–Trinajstić information content (AvgIpc) is 3.42. The van der Waals surface area contributed by atoms with Crippen LogP contribution in [0.1, 0.15) is 30.3 Å². The first kappa shape index (κ1) is 20.6. The van der Waals surface area contributed by atoms with Crippen molar-refractivity contribution in [1.29, 1.82) is 0 Å². The van der Waals surface area contributed by atoms with Crippen LogP contribution in [0.15, 0.2) is 24.3 Å². The van der Waals surface area contributed by atoms with Crippen LogP contribution in [0.2, 0.25) is 0 Å². The van der Waals surface area contributed by atoms with Crippen molar-refractivity contribution in [2.75, 3.05) is 31.7 Å². The zero-order valence-electron chi connectivity index (χ0n) is 16.9. The summed E-state index contributed by atoms with van der Waals surface area (Å²) in [5.41, 5.74) is 0.944. The van der Waals surface area contributed by atoms with Crippen molar-refractivity contribution in [1.82, 2.24) is 9.88 Å². The van der Waals surface area contributed by atoms with Gasteiger partial charge in [-0.3, -0.25) is 14.9 Å². The Kier molecular flexibility index (Phi) is 6.49. The van der Waals surface area contributed by atoms with Gasteiger partial charge in [0.2, 0.25) is 0 Å². The Balaban J connectivity index is 1.29. The van der Waals surface area contributed by atoms with Crippen LogP contribution in [0.3, 0.4) is 0 Å². The number of rotatable bonds is 7. The van der Waals surface area contributed by atoms with Crippen molar-refractivity contribution in [2.45, 2.75) is 38.8 Å². The van der Waals surface area contributed by atoms with Gasteiger partial charge in [0.05, 0.1) is 18.8 Å². The molecule has 2 aliphatic heterocycles. The molecule has 9 heteroatoms. The van der Waals surface area contributed by atoms with E-state index in [0.717, 1.165) is 29.2 Å². The normalized spacial score (nSPS) is 18.0. The molecule has 0 aliphatic carbocycles. The topological polar surface area (TPSA) is 90.0 Å². The Bertz CT molecular complexity index is 893. The molecule has 1 atom stereocenters. The van der Waals surface area contributed by atoms with Gasteiger partial charge in [0.25, 0.3) is 11.8 Å². The molecule has 2 aliphatic rings. The highest BCUT2D eigenvalue weighted by atomic mass is 32.1. The van der Waals surface area contributed by atoms with Crippen LogP contribution < -0.4 is 14.8 Å². The molecule has 1 fully saturated rings. The summed E-state index contributed by atoms with van der Waals surface area (Å²) in [6.45, 7) is 4.20. The van der Waals surface area contributed by atoms with Gasteiger partial charge in [0, 0.05) is 24.4 Å². The lowest BCUT2D eigenvalue weighted by molar-refractivity contribution is -0.134. The standard InChI is InChI=1S/C21H25N3O5S/c1-2-27-14-5-7-15(8-6-14)29-13-19(25)24-10-9-16-18(12-24)30-21(22-16)23-20(26)17-4-3-11-28-17/h5-8,17H,2-4,9-13H2,1H3,(H,22,23,26). The van der Waals surface area contributed by atoms with E-state index in [4.69, 9.17) is 14.2 Å². The Hall–Kier alpha value is -2.65. The van der Waals surface area contributed by atoms with Crippen molar-refractivity contribution in [3.8, 4) is 11.5 Å². The zero-order chi connectivity index (χ0) is 20.9. The van der Waals surface area contributed by atoms with E-state index in [2.05, 4.69) is 10.3 Å². The summed E-state index contributed by atoms with van der Waals surface area (Å²) in [6, 6.07) is 7.22. The van der Waals surface area contributed by atoms with E-state index < -0.39 is 0 Å². The number of benzene rings is 1. The largest absolute Gasteiger partial charge is 0.494 e. The second kappa shape index (κ2) is 9.44. The third-order valence-electron chi connectivity index (χ3n) is 5.03. The third kappa shape index (κ3) is 4.91. The number of carbonyl (C=O) groups excluding carboxylic acids is 2. The smallest absolute Gasteiger partial charge is 0.260 e. The first-order valence-electron chi connectivity index (χ1n) is 10.2. The van der Waals surface area contributed by atoms with Crippen LogP contribution >= 0.6 is 11.3 Å². The number of ether oxygens (including phenoxy) is 3. The van der Waals surface area contributed by atoms with Crippen molar-refractivity contribution in [3.63, 3.8) is 0 Å². The lowest BCUT2D eigenvalue weighted by atomic mass is 10.2. The van der Waals surface area contributed by atoms with Crippen molar-refractivity contribution in [2.24, 2.45) is 0 Å². The number of hydrogen-bond donors (Lipinski definition) is 1. The highest BCUT2D eigenvalue weighted by molar-refractivity contribution is 7.15. The molecule has 1 N–H and O–H groups in total. The first-order valence-corrected chi connectivity index (χ1v) is 11.0. The molecular weight excluding hydrogens is 406 g/mol. The molecule has 2 aromatic rings.